The van der Waals surface area contributed by atoms with Gasteiger partial charge in [0.25, 0.3) is 11.8 Å². The van der Waals surface area contributed by atoms with Crippen molar-refractivity contribution in [2.45, 2.75) is 43.9 Å². The minimum Gasteiger partial charge on any atom is -0.455 e. The summed E-state index contributed by atoms with van der Waals surface area (Å²) < 4.78 is 7.14. The molecule has 4 bridgehead atoms. The van der Waals surface area contributed by atoms with Crippen LogP contribution in [0, 0.1) is 17.3 Å². The number of amides is 2. The summed E-state index contributed by atoms with van der Waals surface area (Å²) in [6.45, 7) is -0.426. The number of hydrogen-bond acceptors (Lipinski definition) is 4. The van der Waals surface area contributed by atoms with Crippen LogP contribution >= 0.6 is 0 Å². The molecule has 1 heterocycles. The van der Waals surface area contributed by atoms with Gasteiger partial charge < -0.3 is 9.30 Å². The molecule has 2 unspecified atom stereocenters. The van der Waals surface area contributed by atoms with Crippen molar-refractivity contribution < 1.29 is 19.1 Å². The highest BCUT2D eigenvalue weighted by atomic mass is 16.5. The van der Waals surface area contributed by atoms with Crippen LogP contribution in [0.3, 0.4) is 0 Å². The molecule has 0 spiro atoms. The van der Waals surface area contributed by atoms with Gasteiger partial charge in [0.2, 0.25) is 0 Å². The number of nitrogens with zero attached hydrogens (tertiary/aromatic N) is 1. The Kier molecular flexibility index (Phi) is 4.76. The van der Waals surface area contributed by atoms with Gasteiger partial charge >= 0.3 is 5.97 Å². The maximum absolute atomic E-state index is 13.3. The third-order valence-electron chi connectivity index (χ3n) is 7.64. The molecule has 2 amide bonds. The van der Waals surface area contributed by atoms with E-state index in [4.69, 9.17) is 4.74 Å². The van der Waals surface area contributed by atoms with Crippen LogP contribution in [0.5, 0.6) is 0 Å². The number of aryl methyl sites for hydroxylation is 1. The first kappa shape index (κ1) is 20.0. The van der Waals surface area contributed by atoms with Crippen LogP contribution in [0.4, 0.5) is 0 Å². The molecular formula is C25H28N2O4. The molecule has 2 atom stereocenters. The maximum Gasteiger partial charge on any atom is 0.312 e. The second kappa shape index (κ2) is 7.36. The van der Waals surface area contributed by atoms with E-state index in [0.717, 1.165) is 32.1 Å². The molecule has 1 N–H and O–H groups in total. The van der Waals surface area contributed by atoms with E-state index in [2.05, 4.69) is 29.6 Å². The highest BCUT2D eigenvalue weighted by Gasteiger charge is 2.61. The molecule has 4 saturated carbocycles. The summed E-state index contributed by atoms with van der Waals surface area (Å²) in [5.41, 5.74) is 1.23. The Bertz CT molecular complexity index is 1010. The van der Waals surface area contributed by atoms with E-state index in [9.17, 15) is 14.4 Å². The molecule has 4 fully saturated rings. The Labute approximate surface area is 182 Å². The minimum absolute atomic E-state index is 0.0368. The van der Waals surface area contributed by atoms with Gasteiger partial charge in [0.15, 0.2) is 6.61 Å². The van der Waals surface area contributed by atoms with E-state index in [1.165, 1.54) is 12.0 Å². The van der Waals surface area contributed by atoms with Gasteiger partial charge in [-0.2, -0.15) is 0 Å². The minimum atomic E-state index is -0.595. The van der Waals surface area contributed by atoms with Crippen LogP contribution in [0.1, 0.15) is 54.6 Å². The van der Waals surface area contributed by atoms with Gasteiger partial charge in [-0.25, -0.2) is 0 Å². The first-order valence-electron chi connectivity index (χ1n) is 11.1. The van der Waals surface area contributed by atoms with Gasteiger partial charge in [0.1, 0.15) is 5.69 Å². The second-order valence-electron chi connectivity index (χ2n) is 9.85. The summed E-state index contributed by atoms with van der Waals surface area (Å²) >= 11 is 0. The average Bonchev–Trinajstić information content (AvgIpc) is 3.18. The molecule has 0 aliphatic heterocycles. The molecular weight excluding hydrogens is 392 g/mol. The molecule has 162 valence electrons. The molecule has 0 radical (unpaired) electrons. The quantitative estimate of drug-likeness (QED) is 0.753. The smallest absolute Gasteiger partial charge is 0.312 e. The van der Waals surface area contributed by atoms with Crippen LogP contribution in [0.2, 0.25) is 0 Å². The summed E-state index contributed by atoms with van der Waals surface area (Å²) in [5, 5.41) is 2.31. The van der Waals surface area contributed by atoms with E-state index in [-0.39, 0.29) is 11.4 Å². The highest BCUT2D eigenvalue weighted by Crippen LogP contribution is 2.66. The predicted octanol–water partition coefficient (Wildman–Crippen LogP) is 3.36. The topological polar surface area (TPSA) is 77.4 Å². The standard InChI is InChI=1S/C25H28N2O4/c1-27-9-5-8-20(27)22(29)26-21(28)15-31-23(30)25-13-17-10-18(14-25)12-24(11-17,16-25)19-6-3-2-4-7-19/h2-9,17-18H,10-16H2,1H3,(H,26,28,29). The summed E-state index contributed by atoms with van der Waals surface area (Å²) in [7, 11) is 1.73. The summed E-state index contributed by atoms with van der Waals surface area (Å²) in [6.07, 6.45) is 7.67. The zero-order valence-corrected chi connectivity index (χ0v) is 17.8. The molecule has 1 aromatic heterocycles. The van der Waals surface area contributed by atoms with E-state index < -0.39 is 23.8 Å². The number of imide groups is 1. The Morgan fingerprint density at radius 1 is 1.03 bits per heavy atom. The van der Waals surface area contributed by atoms with Gasteiger partial charge in [-0.3, -0.25) is 19.7 Å². The molecule has 1 aromatic carbocycles. The summed E-state index contributed by atoms with van der Waals surface area (Å²) in [4.78, 5) is 37.7. The van der Waals surface area contributed by atoms with E-state index in [0.29, 0.717) is 17.5 Å². The number of benzene rings is 1. The molecule has 4 aliphatic carbocycles. The van der Waals surface area contributed by atoms with Crippen molar-refractivity contribution >= 4 is 17.8 Å². The van der Waals surface area contributed by atoms with E-state index >= 15 is 0 Å². The summed E-state index contributed by atoms with van der Waals surface area (Å²) in [5.74, 6) is -0.305. The zero-order valence-electron chi connectivity index (χ0n) is 17.8. The molecule has 6 rings (SSSR count). The van der Waals surface area contributed by atoms with Crippen LogP contribution in [0.25, 0.3) is 0 Å². The number of esters is 1. The van der Waals surface area contributed by atoms with Gasteiger partial charge in [0, 0.05) is 13.2 Å². The fourth-order valence-electron chi connectivity index (χ4n) is 6.84. The van der Waals surface area contributed by atoms with Crippen molar-refractivity contribution in [1.82, 2.24) is 9.88 Å². The van der Waals surface area contributed by atoms with Crippen molar-refractivity contribution in [2.24, 2.45) is 24.3 Å². The van der Waals surface area contributed by atoms with E-state index in [1.54, 1.807) is 29.9 Å². The number of carbonyl (C=O) groups excluding carboxylic acids is 3. The van der Waals surface area contributed by atoms with Crippen molar-refractivity contribution in [3.8, 4) is 0 Å². The number of hydrogen-bond donors (Lipinski definition) is 1. The van der Waals surface area contributed by atoms with Crippen LogP contribution < -0.4 is 5.32 Å². The normalized spacial score (nSPS) is 30.7. The molecule has 4 aliphatic rings. The first-order valence-corrected chi connectivity index (χ1v) is 11.1. The van der Waals surface area contributed by atoms with Crippen LogP contribution in [-0.2, 0) is 26.8 Å². The fourth-order valence-corrected chi connectivity index (χ4v) is 6.84. The summed E-state index contributed by atoms with van der Waals surface area (Å²) in [6, 6.07) is 13.9. The predicted molar refractivity (Wildman–Crippen MR) is 114 cm³/mol. The Balaban J connectivity index is 1.27. The van der Waals surface area contributed by atoms with Gasteiger partial charge in [-0.05, 0) is 73.5 Å². The lowest BCUT2D eigenvalue weighted by molar-refractivity contribution is -0.175. The Morgan fingerprint density at radius 3 is 2.39 bits per heavy atom. The lowest BCUT2D eigenvalue weighted by Crippen LogP contribution is -2.57. The lowest BCUT2D eigenvalue weighted by atomic mass is 9.43. The maximum atomic E-state index is 13.3. The monoisotopic (exact) mass is 420 g/mol. The van der Waals surface area contributed by atoms with E-state index in [1.807, 2.05) is 6.07 Å². The van der Waals surface area contributed by atoms with Crippen molar-refractivity contribution in [1.29, 1.82) is 0 Å². The Hall–Kier alpha value is -2.89. The third kappa shape index (κ3) is 3.48. The number of nitrogens with one attached hydrogen (secondary N) is 1. The Morgan fingerprint density at radius 2 is 1.74 bits per heavy atom. The molecule has 6 heteroatoms. The SMILES string of the molecule is Cn1cccc1C(=O)NC(=O)COC(=O)C12CC3CC(C1)CC(c1ccccc1)(C3)C2. The number of rotatable bonds is 5. The molecule has 0 saturated heterocycles. The van der Waals surface area contributed by atoms with Crippen LogP contribution in [0.15, 0.2) is 48.7 Å². The molecule has 2 aromatic rings. The van der Waals surface area contributed by atoms with Gasteiger partial charge in [-0.1, -0.05) is 30.3 Å². The number of carbonyl (C=O) groups is 3. The molecule has 6 nitrogen and oxygen atoms in total. The number of aromatic nitrogens is 1. The largest absolute Gasteiger partial charge is 0.455 e. The zero-order chi connectivity index (χ0) is 21.6. The highest BCUT2D eigenvalue weighted by molar-refractivity contribution is 6.04. The second-order valence-corrected chi connectivity index (χ2v) is 9.85. The van der Waals surface area contributed by atoms with Gasteiger partial charge in [0.05, 0.1) is 5.41 Å². The lowest BCUT2D eigenvalue weighted by Gasteiger charge is -2.61. The fraction of sp³-hybridized carbons (Fsp3) is 0.480. The average molecular weight is 421 g/mol. The third-order valence-corrected chi connectivity index (χ3v) is 7.64. The van der Waals surface area contributed by atoms with Crippen LogP contribution in [-0.4, -0.2) is 29.0 Å². The first-order chi connectivity index (χ1) is 14.9. The number of ether oxygens (including phenoxy) is 1. The van der Waals surface area contributed by atoms with Crippen molar-refractivity contribution in [2.75, 3.05) is 6.61 Å². The van der Waals surface area contributed by atoms with Crippen molar-refractivity contribution in [3.63, 3.8) is 0 Å². The van der Waals surface area contributed by atoms with Crippen molar-refractivity contribution in [3.05, 3.63) is 59.9 Å². The van der Waals surface area contributed by atoms with Gasteiger partial charge in [-0.15, -0.1) is 0 Å². The molecule has 31 heavy (non-hydrogen) atoms.